The van der Waals surface area contributed by atoms with Gasteiger partial charge in [-0.3, -0.25) is 9.69 Å². The molecule has 160 valence electrons. The lowest BCUT2D eigenvalue weighted by Crippen LogP contribution is -2.38. The first-order valence-electron chi connectivity index (χ1n) is 9.63. The number of hydrogen-bond donors (Lipinski definition) is 0. The number of rotatable bonds is 8. The lowest BCUT2D eigenvalue weighted by atomic mass is 10.2. The number of carbonyl (C=O) groups excluding carboxylic acids is 1. The van der Waals surface area contributed by atoms with Crippen LogP contribution >= 0.6 is 27.3 Å². The van der Waals surface area contributed by atoms with E-state index in [2.05, 4.69) is 39.7 Å². The normalized spacial score (nSPS) is 11.9. The Balaban J connectivity index is 2.01. The van der Waals surface area contributed by atoms with E-state index in [4.69, 9.17) is 0 Å². The Labute approximate surface area is 189 Å². The molecule has 0 aliphatic heterocycles. The monoisotopic (exact) mass is 509 g/mol. The van der Waals surface area contributed by atoms with Gasteiger partial charge in [-0.15, -0.1) is 0 Å². The van der Waals surface area contributed by atoms with Crippen LogP contribution in [0.25, 0.3) is 10.2 Å². The van der Waals surface area contributed by atoms with Crippen molar-refractivity contribution in [2.24, 2.45) is 0 Å². The van der Waals surface area contributed by atoms with Crippen LogP contribution in [0.15, 0.2) is 51.8 Å². The number of aromatic nitrogens is 1. The summed E-state index contributed by atoms with van der Waals surface area (Å²) < 4.78 is 25.4. The maximum absolute atomic E-state index is 13.3. The molecule has 0 N–H and O–H groups in total. The minimum atomic E-state index is -3.31. The van der Waals surface area contributed by atoms with Crippen molar-refractivity contribution in [2.75, 3.05) is 37.3 Å². The van der Waals surface area contributed by atoms with E-state index >= 15 is 0 Å². The molecule has 0 saturated heterocycles. The molecule has 1 aromatic heterocycles. The van der Waals surface area contributed by atoms with Crippen LogP contribution < -0.4 is 4.90 Å². The van der Waals surface area contributed by atoms with Crippen molar-refractivity contribution < 1.29 is 13.2 Å². The van der Waals surface area contributed by atoms with Gasteiger partial charge in [0.05, 0.1) is 15.1 Å². The molecule has 9 heteroatoms. The Bertz CT molecular complexity index is 1160. The largest absolute Gasteiger partial charge is 0.302 e. The summed E-state index contributed by atoms with van der Waals surface area (Å²) >= 11 is 4.76. The zero-order valence-corrected chi connectivity index (χ0v) is 20.3. The fourth-order valence-electron chi connectivity index (χ4n) is 3.08. The van der Waals surface area contributed by atoms with Crippen molar-refractivity contribution in [3.8, 4) is 0 Å². The van der Waals surface area contributed by atoms with Crippen molar-refractivity contribution in [2.45, 2.75) is 18.7 Å². The van der Waals surface area contributed by atoms with Crippen molar-refractivity contribution in [1.82, 2.24) is 9.88 Å². The molecule has 0 spiro atoms. The lowest BCUT2D eigenvalue weighted by Gasteiger charge is -2.24. The van der Waals surface area contributed by atoms with Gasteiger partial charge >= 0.3 is 0 Å². The van der Waals surface area contributed by atoms with E-state index in [0.717, 1.165) is 28.8 Å². The van der Waals surface area contributed by atoms with E-state index in [-0.39, 0.29) is 10.8 Å². The Hall–Kier alpha value is -1.81. The number of likely N-dealkylation sites (N-methyl/N-ethyl adjacent to an activating group) is 1. The van der Waals surface area contributed by atoms with E-state index < -0.39 is 9.84 Å². The predicted octanol–water partition coefficient (Wildman–Crippen LogP) is 4.45. The van der Waals surface area contributed by atoms with Gasteiger partial charge in [0.2, 0.25) is 0 Å². The molecule has 3 aromatic rings. The SMILES string of the molecule is CCN(CC)CCN(C(=O)c1cccc(Br)c1)c1nc2ccc(S(C)(=O)=O)cc2s1. The van der Waals surface area contributed by atoms with Crippen molar-refractivity contribution in [3.05, 3.63) is 52.5 Å². The van der Waals surface area contributed by atoms with Gasteiger partial charge in [0.1, 0.15) is 0 Å². The van der Waals surface area contributed by atoms with Gasteiger partial charge in [0.25, 0.3) is 5.91 Å². The van der Waals surface area contributed by atoms with Gasteiger partial charge in [-0.05, 0) is 49.5 Å². The molecule has 1 heterocycles. The summed E-state index contributed by atoms with van der Waals surface area (Å²) in [7, 11) is -3.31. The molecule has 3 rings (SSSR count). The highest BCUT2D eigenvalue weighted by Crippen LogP contribution is 2.31. The van der Waals surface area contributed by atoms with Crippen molar-refractivity contribution in [3.63, 3.8) is 0 Å². The minimum Gasteiger partial charge on any atom is -0.302 e. The molecule has 0 aliphatic carbocycles. The van der Waals surface area contributed by atoms with Crippen LogP contribution in [0.1, 0.15) is 24.2 Å². The number of sulfone groups is 1. The number of anilines is 1. The third-order valence-electron chi connectivity index (χ3n) is 4.86. The van der Waals surface area contributed by atoms with Crippen LogP contribution in [0.5, 0.6) is 0 Å². The molecule has 30 heavy (non-hydrogen) atoms. The highest BCUT2D eigenvalue weighted by atomic mass is 79.9. The summed E-state index contributed by atoms with van der Waals surface area (Å²) in [6.45, 7) is 7.19. The van der Waals surface area contributed by atoms with Crippen molar-refractivity contribution >= 4 is 58.4 Å². The molecule has 0 unspecified atom stereocenters. The topological polar surface area (TPSA) is 70.6 Å². The van der Waals surface area contributed by atoms with Crippen LogP contribution in [0.4, 0.5) is 5.13 Å². The zero-order chi connectivity index (χ0) is 21.9. The molecular weight excluding hydrogens is 486 g/mol. The third-order valence-corrected chi connectivity index (χ3v) is 7.50. The van der Waals surface area contributed by atoms with Crippen molar-refractivity contribution in [1.29, 1.82) is 0 Å². The fourth-order valence-corrected chi connectivity index (χ4v) is 5.23. The van der Waals surface area contributed by atoms with Gasteiger partial charge in [-0.1, -0.05) is 47.2 Å². The first-order valence-corrected chi connectivity index (χ1v) is 13.1. The van der Waals surface area contributed by atoms with Crippen LogP contribution in [-0.2, 0) is 9.84 Å². The minimum absolute atomic E-state index is 0.133. The van der Waals surface area contributed by atoms with E-state index in [0.29, 0.717) is 22.8 Å². The predicted molar refractivity (Wildman–Crippen MR) is 126 cm³/mol. The molecule has 0 bridgehead atoms. The van der Waals surface area contributed by atoms with Crippen LogP contribution in [0.3, 0.4) is 0 Å². The first kappa shape index (κ1) is 22.9. The maximum atomic E-state index is 13.3. The van der Waals surface area contributed by atoms with Crippen LogP contribution in [0.2, 0.25) is 0 Å². The molecule has 0 fully saturated rings. The van der Waals surface area contributed by atoms with E-state index in [9.17, 15) is 13.2 Å². The van der Waals surface area contributed by atoms with Gasteiger partial charge in [-0.2, -0.15) is 0 Å². The summed E-state index contributed by atoms with van der Waals surface area (Å²) in [5.74, 6) is -0.133. The van der Waals surface area contributed by atoms with Crippen LogP contribution in [0, 0.1) is 0 Å². The standard InChI is InChI=1S/C21H24BrN3O3S2/c1-4-24(5-2)11-12-25(20(26)15-7-6-8-16(22)13-15)21-23-18-10-9-17(30(3,27)28)14-19(18)29-21/h6-10,13-14H,4-5,11-12H2,1-3H3. The summed E-state index contributed by atoms with van der Waals surface area (Å²) in [4.78, 5) is 22.2. The number of carbonyl (C=O) groups is 1. The second-order valence-electron chi connectivity index (χ2n) is 6.89. The third kappa shape index (κ3) is 5.26. The number of fused-ring (bicyclic) bond motifs is 1. The second kappa shape index (κ2) is 9.55. The highest BCUT2D eigenvalue weighted by Gasteiger charge is 2.22. The van der Waals surface area contributed by atoms with Crippen LogP contribution in [-0.4, -0.2) is 56.6 Å². The van der Waals surface area contributed by atoms with Gasteiger partial charge < -0.3 is 4.90 Å². The molecule has 0 atom stereocenters. The number of amides is 1. The number of thiazole rings is 1. The number of halogens is 1. The summed E-state index contributed by atoms with van der Waals surface area (Å²) in [5, 5.41) is 0.563. The maximum Gasteiger partial charge on any atom is 0.260 e. The van der Waals surface area contributed by atoms with Gasteiger partial charge in [-0.25, -0.2) is 13.4 Å². The molecule has 0 radical (unpaired) electrons. The van der Waals surface area contributed by atoms with Gasteiger partial charge in [0.15, 0.2) is 15.0 Å². The Morgan fingerprint density at radius 3 is 2.47 bits per heavy atom. The molecular formula is C21H24BrN3O3S2. The number of hydrogen-bond acceptors (Lipinski definition) is 6. The average Bonchev–Trinajstić information content (AvgIpc) is 3.13. The smallest absolute Gasteiger partial charge is 0.260 e. The Morgan fingerprint density at radius 2 is 1.83 bits per heavy atom. The molecule has 0 saturated carbocycles. The Morgan fingerprint density at radius 1 is 1.10 bits per heavy atom. The average molecular weight is 510 g/mol. The second-order valence-corrected chi connectivity index (χ2v) is 10.8. The summed E-state index contributed by atoms with van der Waals surface area (Å²) in [6.07, 6.45) is 1.18. The van der Waals surface area contributed by atoms with E-state index in [1.54, 1.807) is 35.2 Å². The van der Waals surface area contributed by atoms with Gasteiger partial charge in [0, 0.05) is 29.4 Å². The number of benzene rings is 2. The van der Waals surface area contributed by atoms with E-state index in [1.807, 2.05) is 12.1 Å². The lowest BCUT2D eigenvalue weighted by molar-refractivity contribution is 0.0983. The molecule has 1 amide bonds. The fraction of sp³-hybridized carbons (Fsp3) is 0.333. The highest BCUT2D eigenvalue weighted by molar-refractivity contribution is 9.10. The first-order chi connectivity index (χ1) is 14.2. The summed E-state index contributed by atoms with van der Waals surface area (Å²) in [5.41, 5.74) is 1.25. The zero-order valence-electron chi connectivity index (χ0n) is 17.1. The quantitative estimate of drug-likeness (QED) is 0.448. The number of nitrogens with zero attached hydrogens (tertiary/aromatic N) is 3. The summed E-state index contributed by atoms with van der Waals surface area (Å²) in [6, 6.07) is 12.2. The molecule has 0 aliphatic rings. The molecule has 6 nitrogen and oxygen atoms in total. The Kier molecular flexibility index (Phi) is 7.28. The molecule has 2 aromatic carbocycles. The van der Waals surface area contributed by atoms with E-state index in [1.165, 1.54) is 17.6 Å².